The van der Waals surface area contributed by atoms with Crippen LogP contribution in [0.3, 0.4) is 0 Å². The van der Waals surface area contributed by atoms with Gasteiger partial charge in [0.25, 0.3) is 0 Å². The number of carboxylic acid groups (broad SMARTS) is 1. The van der Waals surface area contributed by atoms with Gasteiger partial charge in [0.15, 0.2) is 0 Å². The molecule has 3 rings (SSSR count). The van der Waals surface area contributed by atoms with Crippen LogP contribution >= 0.6 is 0 Å². The smallest absolute Gasteiger partial charge is 0.317 e. The van der Waals surface area contributed by atoms with Gasteiger partial charge in [-0.2, -0.15) is 0 Å². The Labute approximate surface area is 205 Å². The van der Waals surface area contributed by atoms with Crippen molar-refractivity contribution >= 4 is 5.97 Å². The highest BCUT2D eigenvalue weighted by atomic mass is 16.4. The Balaban J connectivity index is 1.94. The average Bonchev–Trinajstić information content (AvgIpc) is 2.78. The molecule has 6 heteroatoms. The van der Waals surface area contributed by atoms with Gasteiger partial charge in [-0.1, -0.05) is 65.0 Å². The van der Waals surface area contributed by atoms with Gasteiger partial charge in [-0.25, -0.2) is 0 Å². The van der Waals surface area contributed by atoms with Crippen molar-refractivity contribution in [3.8, 4) is 0 Å². The summed E-state index contributed by atoms with van der Waals surface area (Å²) in [6, 6.07) is 15.1. The summed E-state index contributed by atoms with van der Waals surface area (Å²) in [7, 11) is 0. The molecule has 0 aliphatic carbocycles. The molecule has 0 radical (unpaired) electrons. The van der Waals surface area contributed by atoms with Gasteiger partial charge in [0.1, 0.15) is 0 Å². The number of hydrogen-bond donors (Lipinski definition) is 1. The fraction of sp³-hybridized carbons (Fsp3) is 0.571. The molecule has 1 aromatic heterocycles. The number of aliphatic carboxylic acids is 1. The summed E-state index contributed by atoms with van der Waals surface area (Å²) in [4.78, 5) is 23.8. The molecule has 2 aromatic rings. The van der Waals surface area contributed by atoms with Crippen LogP contribution in [0.25, 0.3) is 0 Å². The minimum atomic E-state index is -0.795. The molecule has 0 unspecified atom stereocenters. The molecule has 0 amide bonds. The molecule has 1 aliphatic heterocycles. The first-order valence-electron chi connectivity index (χ1n) is 12.6. The van der Waals surface area contributed by atoms with Gasteiger partial charge < -0.3 is 10.0 Å². The maximum atomic E-state index is 11.9. The summed E-state index contributed by atoms with van der Waals surface area (Å²) >= 11 is 0. The van der Waals surface area contributed by atoms with Crippen molar-refractivity contribution in [2.24, 2.45) is 0 Å². The highest BCUT2D eigenvalue weighted by Gasteiger charge is 2.25. The number of rotatable bonds is 6. The predicted octanol–water partition coefficient (Wildman–Crippen LogP) is 4.03. The van der Waals surface area contributed by atoms with Gasteiger partial charge in [0.05, 0.1) is 17.9 Å². The van der Waals surface area contributed by atoms with Crippen LogP contribution in [0.15, 0.2) is 42.5 Å². The van der Waals surface area contributed by atoms with Crippen LogP contribution in [0, 0.1) is 0 Å². The monoisotopic (exact) mass is 466 g/mol. The molecule has 1 N–H and O–H groups in total. The highest BCUT2D eigenvalue weighted by Crippen LogP contribution is 2.23. The lowest BCUT2D eigenvalue weighted by Gasteiger charge is -2.36. The number of fused-ring (bicyclic) bond motifs is 2. The second kappa shape index (κ2) is 11.9. The largest absolute Gasteiger partial charge is 0.480 e. The first-order valence-corrected chi connectivity index (χ1v) is 12.6. The number of nitrogens with zero attached hydrogens (tertiary/aromatic N) is 4. The molecule has 1 aromatic carbocycles. The summed E-state index contributed by atoms with van der Waals surface area (Å²) in [5.41, 5.74) is 4.66. The molecule has 0 saturated carbocycles. The van der Waals surface area contributed by atoms with E-state index in [9.17, 15) is 9.90 Å². The normalized spacial score (nSPS) is 19.4. The molecular weight excluding hydrogens is 424 g/mol. The Morgan fingerprint density at radius 3 is 2.18 bits per heavy atom. The zero-order valence-electron chi connectivity index (χ0n) is 21.6. The Bertz CT molecular complexity index is 923. The third kappa shape index (κ3) is 7.62. The van der Waals surface area contributed by atoms with Crippen LogP contribution < -0.4 is 0 Å². The topological polar surface area (TPSA) is 59.9 Å². The van der Waals surface area contributed by atoms with E-state index < -0.39 is 5.97 Å². The van der Waals surface area contributed by atoms with Crippen molar-refractivity contribution in [3.05, 3.63) is 65.0 Å². The van der Waals surface area contributed by atoms with E-state index in [4.69, 9.17) is 4.98 Å². The Kier molecular flexibility index (Phi) is 9.23. The molecule has 34 heavy (non-hydrogen) atoms. The van der Waals surface area contributed by atoms with Crippen LogP contribution in [-0.2, 0) is 29.7 Å². The van der Waals surface area contributed by atoms with E-state index >= 15 is 0 Å². The molecule has 2 heterocycles. The van der Waals surface area contributed by atoms with Crippen molar-refractivity contribution in [2.45, 2.75) is 65.6 Å². The van der Waals surface area contributed by atoms with Crippen molar-refractivity contribution in [2.75, 3.05) is 39.3 Å². The molecule has 6 nitrogen and oxygen atoms in total. The molecule has 1 atom stereocenters. The Morgan fingerprint density at radius 2 is 1.59 bits per heavy atom. The highest BCUT2D eigenvalue weighted by molar-refractivity contribution is 5.69. The van der Waals surface area contributed by atoms with Gasteiger partial charge in [-0.05, 0) is 48.2 Å². The lowest BCUT2D eigenvalue weighted by Crippen LogP contribution is -2.48. The Morgan fingerprint density at radius 1 is 0.971 bits per heavy atom. The van der Waals surface area contributed by atoms with E-state index in [0.29, 0.717) is 6.54 Å². The quantitative estimate of drug-likeness (QED) is 0.694. The van der Waals surface area contributed by atoms with E-state index in [1.165, 1.54) is 11.1 Å². The van der Waals surface area contributed by atoms with E-state index in [1.807, 2.05) is 6.07 Å². The summed E-state index contributed by atoms with van der Waals surface area (Å²) in [6.45, 7) is 17.1. The predicted molar refractivity (Wildman–Crippen MR) is 138 cm³/mol. The molecule has 2 bridgehead atoms. The minimum absolute atomic E-state index is 0.00921. The number of hydrogen-bond acceptors (Lipinski definition) is 5. The third-order valence-electron chi connectivity index (χ3n) is 6.86. The van der Waals surface area contributed by atoms with E-state index in [0.717, 1.165) is 57.1 Å². The summed E-state index contributed by atoms with van der Waals surface area (Å²) in [5.74, 6) is -0.795. The van der Waals surface area contributed by atoms with Crippen molar-refractivity contribution < 1.29 is 9.90 Å². The average molecular weight is 467 g/mol. The maximum absolute atomic E-state index is 11.9. The lowest BCUT2D eigenvalue weighted by molar-refractivity contribution is -0.139. The molecular formula is C28H42N4O2. The van der Waals surface area contributed by atoms with E-state index in [1.54, 1.807) is 0 Å². The van der Waals surface area contributed by atoms with E-state index in [2.05, 4.69) is 85.7 Å². The summed E-state index contributed by atoms with van der Waals surface area (Å²) in [5, 5.41) is 9.75. The fourth-order valence-electron chi connectivity index (χ4n) is 4.66. The van der Waals surface area contributed by atoms with Crippen LogP contribution in [0.2, 0.25) is 0 Å². The zero-order valence-corrected chi connectivity index (χ0v) is 21.6. The van der Waals surface area contributed by atoms with Gasteiger partial charge in [0, 0.05) is 38.8 Å². The minimum Gasteiger partial charge on any atom is -0.480 e. The van der Waals surface area contributed by atoms with Gasteiger partial charge in [-0.3, -0.25) is 19.6 Å². The summed E-state index contributed by atoms with van der Waals surface area (Å²) in [6.07, 6.45) is 0.811. The number of likely N-dealkylation sites (N-methyl/N-ethyl adjacent to an activating group) is 2. The second-order valence-corrected chi connectivity index (χ2v) is 10.5. The number of benzene rings is 1. The number of pyridine rings is 1. The first-order chi connectivity index (χ1) is 16.2. The van der Waals surface area contributed by atoms with Crippen LogP contribution in [-0.4, -0.2) is 76.1 Å². The number of carboxylic acids is 1. The standard InChI is InChI=1S/C28H42N4O2/c1-6-30-15-16-31(7-2)20-26(17-22-11-13-23(14-12-22)28(3,4)5)32(21-27(33)34)19-25-10-8-9-24(18-30)29-25/h8-14,26H,6-7,15-21H2,1-5H3,(H,33,34)/t26-/m0/s1. The third-order valence-corrected chi connectivity index (χ3v) is 6.86. The van der Waals surface area contributed by atoms with Crippen molar-refractivity contribution in [1.29, 1.82) is 0 Å². The SMILES string of the molecule is CCN1CCN(CC)C[C@H](Cc2ccc(C(C)(C)C)cc2)N(CC(=O)O)Cc2cccc(n2)C1. The zero-order chi connectivity index (χ0) is 24.7. The van der Waals surface area contributed by atoms with Gasteiger partial charge in [-0.15, -0.1) is 0 Å². The molecule has 0 spiro atoms. The molecule has 0 fully saturated rings. The van der Waals surface area contributed by atoms with Crippen LogP contribution in [0.5, 0.6) is 0 Å². The molecule has 0 saturated heterocycles. The van der Waals surface area contributed by atoms with Crippen molar-refractivity contribution in [1.82, 2.24) is 19.7 Å². The first kappa shape index (κ1) is 26.3. The van der Waals surface area contributed by atoms with Crippen LogP contribution in [0.1, 0.15) is 57.1 Å². The maximum Gasteiger partial charge on any atom is 0.317 e. The van der Waals surface area contributed by atoms with Crippen LogP contribution in [0.4, 0.5) is 0 Å². The lowest BCUT2D eigenvalue weighted by atomic mass is 9.86. The van der Waals surface area contributed by atoms with Crippen molar-refractivity contribution in [3.63, 3.8) is 0 Å². The van der Waals surface area contributed by atoms with Gasteiger partial charge in [0.2, 0.25) is 0 Å². The molecule has 1 aliphatic rings. The Hall–Kier alpha value is -2.28. The number of carbonyl (C=O) groups is 1. The second-order valence-electron chi connectivity index (χ2n) is 10.5. The number of aromatic nitrogens is 1. The summed E-state index contributed by atoms with van der Waals surface area (Å²) < 4.78 is 0. The van der Waals surface area contributed by atoms with E-state index in [-0.39, 0.29) is 18.0 Å². The van der Waals surface area contributed by atoms with Gasteiger partial charge >= 0.3 is 5.97 Å². The fourth-order valence-corrected chi connectivity index (χ4v) is 4.66. The molecule has 186 valence electrons.